The minimum absolute atomic E-state index is 0.714. The molecule has 0 heterocycles. The third-order valence-corrected chi connectivity index (χ3v) is 6.20. The zero-order valence-electron chi connectivity index (χ0n) is 21.1. The maximum absolute atomic E-state index is 4.58. The Hall–Kier alpha value is -0.500. The molecular formula is C27H56N2. The lowest BCUT2D eigenvalue weighted by Crippen LogP contribution is -2.36. The molecular weight excluding hydrogens is 352 g/mol. The number of hydrogen-bond acceptors (Lipinski definition) is 2. The Bertz CT molecular complexity index is 350. The largest absolute Gasteiger partial charge is 0.372 e. The maximum atomic E-state index is 4.58. The van der Waals surface area contributed by atoms with E-state index in [1.165, 1.54) is 128 Å². The van der Waals surface area contributed by atoms with E-state index in [0.717, 1.165) is 0 Å². The summed E-state index contributed by atoms with van der Waals surface area (Å²) in [5, 5.41) is 0. The van der Waals surface area contributed by atoms with E-state index in [1.807, 2.05) is 0 Å². The maximum Gasteiger partial charge on any atom is 0.0286 e. The fraction of sp³-hybridized carbons (Fsp3) is 0.926. The molecule has 1 atom stereocenters. The summed E-state index contributed by atoms with van der Waals surface area (Å²) in [5.41, 5.74) is 1.42. The SMILES string of the molecule is C=C(CCCCCCC)N(CCCN(C)C)C(CCCC)CCCCCCCC. The Labute approximate surface area is 185 Å². The highest BCUT2D eigenvalue weighted by molar-refractivity contribution is 4.97. The Morgan fingerprint density at radius 2 is 1.14 bits per heavy atom. The normalized spacial score (nSPS) is 12.5. The Balaban J connectivity index is 4.71. The van der Waals surface area contributed by atoms with Crippen molar-refractivity contribution in [2.24, 2.45) is 0 Å². The van der Waals surface area contributed by atoms with Gasteiger partial charge in [0.25, 0.3) is 0 Å². The van der Waals surface area contributed by atoms with Gasteiger partial charge in [0.1, 0.15) is 0 Å². The van der Waals surface area contributed by atoms with Crippen LogP contribution in [0.3, 0.4) is 0 Å². The van der Waals surface area contributed by atoms with Crippen LogP contribution >= 0.6 is 0 Å². The number of rotatable bonds is 22. The Kier molecular flexibility index (Phi) is 20.4. The number of nitrogens with zero attached hydrogens (tertiary/aromatic N) is 2. The van der Waals surface area contributed by atoms with Crippen molar-refractivity contribution in [3.05, 3.63) is 12.3 Å². The minimum Gasteiger partial charge on any atom is -0.372 e. The van der Waals surface area contributed by atoms with Crippen LogP contribution in [0.15, 0.2) is 12.3 Å². The summed E-state index contributed by atoms with van der Waals surface area (Å²) in [6.45, 7) is 13.9. The first-order chi connectivity index (χ1) is 14.1. The summed E-state index contributed by atoms with van der Waals surface area (Å²) >= 11 is 0. The van der Waals surface area contributed by atoms with E-state index in [-0.39, 0.29) is 0 Å². The molecule has 0 N–H and O–H groups in total. The van der Waals surface area contributed by atoms with Gasteiger partial charge in [-0.15, -0.1) is 0 Å². The molecule has 0 fully saturated rings. The third kappa shape index (κ3) is 16.9. The second kappa shape index (κ2) is 20.8. The van der Waals surface area contributed by atoms with Crippen molar-refractivity contribution in [3.63, 3.8) is 0 Å². The molecule has 0 aliphatic heterocycles. The van der Waals surface area contributed by atoms with E-state index in [1.54, 1.807) is 0 Å². The fourth-order valence-electron chi connectivity index (χ4n) is 4.29. The van der Waals surface area contributed by atoms with Crippen LogP contribution in [-0.4, -0.2) is 43.0 Å². The van der Waals surface area contributed by atoms with Crippen molar-refractivity contribution < 1.29 is 0 Å². The predicted octanol–water partition coefficient (Wildman–Crippen LogP) is 8.42. The number of unbranched alkanes of at least 4 members (excludes halogenated alkanes) is 10. The van der Waals surface area contributed by atoms with Gasteiger partial charge in [-0.25, -0.2) is 0 Å². The summed E-state index contributed by atoms with van der Waals surface area (Å²) in [6.07, 6.45) is 23.0. The van der Waals surface area contributed by atoms with Crippen molar-refractivity contribution in [2.45, 2.75) is 136 Å². The van der Waals surface area contributed by atoms with Gasteiger partial charge in [0.05, 0.1) is 0 Å². The molecule has 0 spiro atoms. The highest BCUT2D eigenvalue weighted by Gasteiger charge is 2.19. The molecule has 0 saturated heterocycles. The predicted molar refractivity (Wildman–Crippen MR) is 134 cm³/mol. The quantitative estimate of drug-likeness (QED) is 0.166. The molecule has 2 nitrogen and oxygen atoms in total. The zero-order valence-corrected chi connectivity index (χ0v) is 21.1. The molecule has 0 rings (SSSR count). The van der Waals surface area contributed by atoms with E-state index in [0.29, 0.717) is 6.04 Å². The van der Waals surface area contributed by atoms with Gasteiger partial charge in [-0.2, -0.15) is 0 Å². The van der Waals surface area contributed by atoms with Crippen molar-refractivity contribution in [1.29, 1.82) is 0 Å². The minimum atomic E-state index is 0.714. The van der Waals surface area contributed by atoms with E-state index >= 15 is 0 Å². The van der Waals surface area contributed by atoms with E-state index in [9.17, 15) is 0 Å². The topological polar surface area (TPSA) is 6.48 Å². The summed E-state index contributed by atoms with van der Waals surface area (Å²) in [5.74, 6) is 0. The van der Waals surface area contributed by atoms with Gasteiger partial charge in [0.2, 0.25) is 0 Å². The third-order valence-electron chi connectivity index (χ3n) is 6.20. The van der Waals surface area contributed by atoms with Crippen molar-refractivity contribution in [1.82, 2.24) is 9.80 Å². The van der Waals surface area contributed by atoms with Crippen LogP contribution in [0.2, 0.25) is 0 Å². The average molecular weight is 409 g/mol. The van der Waals surface area contributed by atoms with E-state index in [2.05, 4.69) is 51.2 Å². The van der Waals surface area contributed by atoms with E-state index in [4.69, 9.17) is 0 Å². The molecule has 0 aromatic carbocycles. The molecule has 2 heteroatoms. The number of allylic oxidation sites excluding steroid dienone is 1. The van der Waals surface area contributed by atoms with Crippen LogP contribution in [0.4, 0.5) is 0 Å². The van der Waals surface area contributed by atoms with Crippen molar-refractivity contribution in [3.8, 4) is 0 Å². The lowest BCUT2D eigenvalue weighted by molar-refractivity contribution is 0.202. The number of hydrogen-bond donors (Lipinski definition) is 0. The first kappa shape index (κ1) is 28.5. The Morgan fingerprint density at radius 1 is 0.621 bits per heavy atom. The highest BCUT2D eigenvalue weighted by atomic mass is 15.2. The summed E-state index contributed by atoms with van der Waals surface area (Å²) in [4.78, 5) is 5.06. The fourth-order valence-corrected chi connectivity index (χ4v) is 4.29. The van der Waals surface area contributed by atoms with Gasteiger partial charge in [-0.3, -0.25) is 0 Å². The zero-order chi connectivity index (χ0) is 21.7. The van der Waals surface area contributed by atoms with E-state index < -0.39 is 0 Å². The lowest BCUT2D eigenvalue weighted by Gasteiger charge is -2.36. The van der Waals surface area contributed by atoms with Gasteiger partial charge in [-0.05, 0) is 52.7 Å². The van der Waals surface area contributed by atoms with Crippen LogP contribution in [0.1, 0.15) is 130 Å². The van der Waals surface area contributed by atoms with Crippen LogP contribution < -0.4 is 0 Å². The van der Waals surface area contributed by atoms with Gasteiger partial charge in [0.15, 0.2) is 0 Å². The molecule has 0 saturated carbocycles. The molecule has 0 aromatic rings. The molecule has 0 bridgehead atoms. The molecule has 0 amide bonds. The smallest absolute Gasteiger partial charge is 0.0286 e. The monoisotopic (exact) mass is 408 g/mol. The van der Waals surface area contributed by atoms with Gasteiger partial charge < -0.3 is 9.80 Å². The van der Waals surface area contributed by atoms with Crippen molar-refractivity contribution in [2.75, 3.05) is 27.2 Å². The van der Waals surface area contributed by atoms with Crippen molar-refractivity contribution >= 4 is 0 Å². The lowest BCUT2D eigenvalue weighted by atomic mass is 9.98. The average Bonchev–Trinajstić information content (AvgIpc) is 2.70. The molecule has 0 aliphatic rings. The van der Waals surface area contributed by atoms with Gasteiger partial charge >= 0.3 is 0 Å². The van der Waals surface area contributed by atoms with Crippen LogP contribution in [-0.2, 0) is 0 Å². The summed E-state index contributed by atoms with van der Waals surface area (Å²) in [7, 11) is 4.38. The van der Waals surface area contributed by atoms with Crippen LogP contribution in [0.25, 0.3) is 0 Å². The second-order valence-corrected chi connectivity index (χ2v) is 9.43. The molecule has 29 heavy (non-hydrogen) atoms. The summed E-state index contributed by atoms with van der Waals surface area (Å²) < 4.78 is 0. The van der Waals surface area contributed by atoms with Gasteiger partial charge in [-0.1, -0.05) is 104 Å². The Morgan fingerprint density at radius 3 is 1.72 bits per heavy atom. The van der Waals surface area contributed by atoms with Crippen LogP contribution in [0, 0.1) is 0 Å². The first-order valence-corrected chi connectivity index (χ1v) is 13.2. The molecule has 174 valence electrons. The second-order valence-electron chi connectivity index (χ2n) is 9.43. The van der Waals surface area contributed by atoms with Gasteiger partial charge in [0, 0.05) is 18.3 Å². The summed E-state index contributed by atoms with van der Waals surface area (Å²) in [6, 6.07) is 0.714. The first-order valence-electron chi connectivity index (χ1n) is 13.2. The standard InChI is InChI=1S/C27H56N2/c1-7-10-13-15-17-19-23-27(22-12-9-3)29(25-20-24-28(5)6)26(4)21-18-16-14-11-8-2/h27H,4,7-25H2,1-3,5-6H3. The highest BCUT2D eigenvalue weighted by Crippen LogP contribution is 2.24. The molecule has 0 aromatic heterocycles. The molecule has 1 unspecified atom stereocenters. The molecule has 0 radical (unpaired) electrons. The molecule has 0 aliphatic carbocycles. The van der Waals surface area contributed by atoms with Crippen LogP contribution in [0.5, 0.6) is 0 Å².